The van der Waals surface area contributed by atoms with Crippen molar-refractivity contribution in [3.63, 3.8) is 0 Å². The molecule has 10 heteroatoms. The van der Waals surface area contributed by atoms with Crippen LogP contribution >= 0.6 is 0 Å². The molecule has 8 N–H and O–H groups in total. The lowest BCUT2D eigenvalue weighted by molar-refractivity contribution is -0.139. The van der Waals surface area contributed by atoms with Crippen molar-refractivity contribution in [3.8, 4) is 0 Å². The quantitative estimate of drug-likeness (QED) is 0.161. The van der Waals surface area contributed by atoms with Crippen LogP contribution in [0.25, 0.3) is 0 Å². The molecule has 0 aromatic carbocycles. The van der Waals surface area contributed by atoms with Gasteiger partial charge in [-0.3, -0.25) is 9.59 Å². The molecule has 0 aliphatic carbocycles. The molecule has 0 saturated carbocycles. The molecule has 0 unspecified atom stereocenters. The fourth-order valence-electron chi connectivity index (χ4n) is 1.08. The molecule has 0 aliphatic heterocycles. The number of carbonyl (C=O) groups excluding carboxylic acids is 2. The number of aliphatic carboxylic acids is 2. The molecule has 0 amide bonds. The number of carbonyl (C=O) groups is 4. The monoisotopic (exact) mass is 320 g/mol. The second kappa shape index (κ2) is 15.5. The summed E-state index contributed by atoms with van der Waals surface area (Å²) in [7, 11) is 0. The molecular formula is C12H24N4O6. The van der Waals surface area contributed by atoms with Crippen LogP contribution in [-0.2, 0) is 19.2 Å². The Labute approximate surface area is 128 Å². The van der Waals surface area contributed by atoms with Gasteiger partial charge < -0.3 is 41.9 Å². The van der Waals surface area contributed by atoms with Gasteiger partial charge in [-0.2, -0.15) is 0 Å². The number of nitrogens with one attached hydrogen (secondary N) is 2. The average molecular weight is 320 g/mol. The zero-order valence-electron chi connectivity index (χ0n) is 12.2. The van der Waals surface area contributed by atoms with Crippen LogP contribution in [0.2, 0.25) is 0 Å². The summed E-state index contributed by atoms with van der Waals surface area (Å²) in [6.45, 7) is 1.39. The molecular weight excluding hydrogens is 296 g/mol. The summed E-state index contributed by atoms with van der Waals surface area (Å²) in [5, 5.41) is 22.1. The zero-order chi connectivity index (χ0) is 17.4. The molecule has 0 heterocycles. The van der Waals surface area contributed by atoms with Crippen LogP contribution in [0, 0.1) is 0 Å². The normalized spacial score (nSPS) is 12.5. The Kier molecular flexibility index (Phi) is 15.8. The highest BCUT2D eigenvalue weighted by Gasteiger charge is 2.09. The summed E-state index contributed by atoms with van der Waals surface area (Å²) in [6.07, 6.45) is 2.10. The smallest absolute Gasteiger partial charge is 0.320 e. The van der Waals surface area contributed by atoms with E-state index in [2.05, 4.69) is 10.6 Å². The molecule has 2 atom stereocenters. The number of nitrogens with two attached hydrogens (primary N) is 2. The minimum atomic E-state index is -1.02. The second-order valence-corrected chi connectivity index (χ2v) is 4.21. The van der Waals surface area contributed by atoms with Crippen molar-refractivity contribution < 1.29 is 29.4 Å². The van der Waals surface area contributed by atoms with Gasteiger partial charge in [-0.15, -0.1) is 0 Å². The molecule has 0 spiro atoms. The maximum Gasteiger partial charge on any atom is 0.320 e. The van der Waals surface area contributed by atoms with Crippen LogP contribution < -0.4 is 22.1 Å². The molecule has 0 radical (unpaired) electrons. The van der Waals surface area contributed by atoms with E-state index < -0.39 is 24.0 Å². The topological polar surface area (TPSA) is 185 Å². The summed E-state index contributed by atoms with van der Waals surface area (Å²) in [4.78, 5) is 39.8. The molecule has 0 rings (SSSR count). The Bertz CT molecular complexity index is 308. The highest BCUT2D eigenvalue weighted by Crippen LogP contribution is 1.85. The minimum Gasteiger partial charge on any atom is -0.480 e. The molecule has 0 aromatic rings. The van der Waals surface area contributed by atoms with Crippen LogP contribution in [0.15, 0.2) is 0 Å². The van der Waals surface area contributed by atoms with Gasteiger partial charge in [0.2, 0.25) is 0 Å². The van der Waals surface area contributed by atoms with E-state index in [1.165, 1.54) is 0 Å². The Morgan fingerprint density at radius 1 is 0.864 bits per heavy atom. The van der Waals surface area contributed by atoms with Crippen molar-refractivity contribution in [1.82, 2.24) is 10.6 Å². The van der Waals surface area contributed by atoms with Gasteiger partial charge in [-0.05, 0) is 25.9 Å². The predicted molar refractivity (Wildman–Crippen MR) is 78.3 cm³/mol. The number of carboxylic acids is 2. The van der Waals surface area contributed by atoms with E-state index in [9.17, 15) is 19.2 Å². The third-order valence-electron chi connectivity index (χ3n) is 2.35. The Hall–Kier alpha value is -1.88. The van der Waals surface area contributed by atoms with Gasteiger partial charge in [0.05, 0.1) is 13.1 Å². The van der Waals surface area contributed by atoms with Crippen molar-refractivity contribution in [1.29, 1.82) is 0 Å². The maximum absolute atomic E-state index is 10.1. The van der Waals surface area contributed by atoms with Gasteiger partial charge in [0, 0.05) is 0 Å². The summed E-state index contributed by atoms with van der Waals surface area (Å²) < 4.78 is 0. The van der Waals surface area contributed by atoms with Crippen molar-refractivity contribution >= 4 is 24.5 Å². The molecule has 128 valence electrons. The molecule has 0 saturated heterocycles. The molecule has 0 aliphatic rings. The molecule has 0 aromatic heterocycles. The van der Waals surface area contributed by atoms with Crippen molar-refractivity contribution in [2.24, 2.45) is 11.5 Å². The third kappa shape index (κ3) is 16.2. The van der Waals surface area contributed by atoms with Crippen LogP contribution in [-0.4, -0.2) is 73.0 Å². The standard InChI is InChI=1S/2C6H12N2O3/c2*7-5(6(10)11)1-2-8-3-4-9/h2*4-5,8H,1-3,7H2,(H,10,11)/t2*5-/m10/s1. The van der Waals surface area contributed by atoms with E-state index in [0.717, 1.165) is 0 Å². The fourth-order valence-corrected chi connectivity index (χ4v) is 1.08. The summed E-state index contributed by atoms with van der Waals surface area (Å²) in [5.41, 5.74) is 10.3. The SMILES string of the molecule is N[C@@H](CCNCC=O)C(=O)O.N[C@H](CCNCC=O)C(=O)O. The van der Waals surface area contributed by atoms with Crippen LogP contribution in [0.4, 0.5) is 0 Å². The highest BCUT2D eigenvalue weighted by atomic mass is 16.4. The van der Waals surface area contributed by atoms with Gasteiger partial charge in [0.25, 0.3) is 0 Å². The van der Waals surface area contributed by atoms with Crippen molar-refractivity contribution in [2.75, 3.05) is 26.2 Å². The van der Waals surface area contributed by atoms with Crippen molar-refractivity contribution in [2.45, 2.75) is 24.9 Å². The molecule has 0 fully saturated rings. The lowest BCUT2D eigenvalue weighted by Crippen LogP contribution is -2.34. The lowest BCUT2D eigenvalue weighted by Gasteiger charge is -2.04. The van der Waals surface area contributed by atoms with E-state index in [1.54, 1.807) is 0 Å². The minimum absolute atomic E-state index is 0.242. The van der Waals surface area contributed by atoms with Crippen LogP contribution in [0.1, 0.15) is 12.8 Å². The van der Waals surface area contributed by atoms with Gasteiger partial charge in [0.1, 0.15) is 24.7 Å². The van der Waals surface area contributed by atoms with Gasteiger partial charge >= 0.3 is 11.9 Å². The summed E-state index contributed by atoms with van der Waals surface area (Å²) in [6, 6.07) is -1.68. The number of aldehydes is 2. The van der Waals surface area contributed by atoms with E-state index in [1.807, 2.05) is 0 Å². The van der Waals surface area contributed by atoms with E-state index in [-0.39, 0.29) is 13.1 Å². The first-order valence-corrected chi connectivity index (χ1v) is 6.62. The first-order chi connectivity index (χ1) is 10.4. The van der Waals surface area contributed by atoms with E-state index in [0.29, 0.717) is 38.5 Å². The highest BCUT2D eigenvalue weighted by molar-refractivity contribution is 5.73. The fraction of sp³-hybridized carbons (Fsp3) is 0.667. The lowest BCUT2D eigenvalue weighted by atomic mass is 10.2. The number of rotatable bonds is 12. The summed E-state index contributed by atoms with van der Waals surface area (Å²) in [5.74, 6) is -2.03. The second-order valence-electron chi connectivity index (χ2n) is 4.21. The average Bonchev–Trinajstić information content (AvgIpc) is 2.48. The Morgan fingerprint density at radius 2 is 1.18 bits per heavy atom. The molecule has 10 nitrogen and oxygen atoms in total. The maximum atomic E-state index is 10.1. The number of carboxylic acid groups (broad SMARTS) is 2. The largest absolute Gasteiger partial charge is 0.480 e. The Balaban J connectivity index is 0. The predicted octanol–water partition coefficient (Wildman–Crippen LogP) is -2.85. The first-order valence-electron chi connectivity index (χ1n) is 6.62. The number of hydrogen-bond acceptors (Lipinski definition) is 8. The Morgan fingerprint density at radius 3 is 1.41 bits per heavy atom. The van der Waals surface area contributed by atoms with Gasteiger partial charge in [-0.25, -0.2) is 0 Å². The van der Waals surface area contributed by atoms with E-state index >= 15 is 0 Å². The van der Waals surface area contributed by atoms with Gasteiger partial charge in [0.15, 0.2) is 0 Å². The van der Waals surface area contributed by atoms with Crippen LogP contribution in [0.3, 0.4) is 0 Å². The third-order valence-corrected chi connectivity index (χ3v) is 2.35. The molecule has 0 bridgehead atoms. The number of hydrogen-bond donors (Lipinski definition) is 6. The zero-order valence-corrected chi connectivity index (χ0v) is 12.2. The van der Waals surface area contributed by atoms with E-state index in [4.69, 9.17) is 21.7 Å². The molecule has 22 heavy (non-hydrogen) atoms. The summed E-state index contributed by atoms with van der Waals surface area (Å²) >= 11 is 0. The van der Waals surface area contributed by atoms with Crippen LogP contribution in [0.5, 0.6) is 0 Å². The van der Waals surface area contributed by atoms with Gasteiger partial charge in [-0.1, -0.05) is 0 Å². The van der Waals surface area contributed by atoms with Crippen molar-refractivity contribution in [3.05, 3.63) is 0 Å². The first kappa shape index (κ1) is 22.4.